The van der Waals surface area contributed by atoms with Crippen LogP contribution in [0.3, 0.4) is 0 Å². The van der Waals surface area contributed by atoms with Crippen molar-refractivity contribution in [2.45, 2.75) is 65.9 Å². The van der Waals surface area contributed by atoms with Gasteiger partial charge in [-0.05, 0) is 88.4 Å². The van der Waals surface area contributed by atoms with E-state index in [9.17, 15) is 9.59 Å². The van der Waals surface area contributed by atoms with E-state index < -0.39 is 5.41 Å². The largest absolute Gasteiger partial charge is 0.462 e. The van der Waals surface area contributed by atoms with E-state index in [4.69, 9.17) is 14.2 Å². The van der Waals surface area contributed by atoms with Crippen molar-refractivity contribution in [1.29, 1.82) is 0 Å². The summed E-state index contributed by atoms with van der Waals surface area (Å²) in [5.41, 5.74) is -0.397. The molecule has 0 aromatic carbocycles. The van der Waals surface area contributed by atoms with E-state index >= 15 is 0 Å². The van der Waals surface area contributed by atoms with Crippen LogP contribution in [0.15, 0.2) is 0 Å². The quantitative estimate of drug-likeness (QED) is 0.292. The van der Waals surface area contributed by atoms with E-state index in [1.807, 2.05) is 27.7 Å². The molecule has 0 aliphatic heterocycles. The Morgan fingerprint density at radius 1 is 0.963 bits per heavy atom. The van der Waals surface area contributed by atoms with Crippen LogP contribution in [-0.4, -0.2) is 31.4 Å². The topological polar surface area (TPSA) is 61.8 Å². The van der Waals surface area contributed by atoms with E-state index in [0.29, 0.717) is 42.1 Å². The third-order valence-corrected chi connectivity index (χ3v) is 8.24. The molecule has 0 saturated heterocycles. The first-order valence-electron chi connectivity index (χ1n) is 10.8. The van der Waals surface area contributed by atoms with E-state index in [1.54, 1.807) is 0 Å². The number of hydrogen-bond donors (Lipinski definition) is 0. The van der Waals surface area contributed by atoms with Crippen molar-refractivity contribution in [3.8, 4) is 0 Å². The molecule has 0 heterocycles. The van der Waals surface area contributed by atoms with Gasteiger partial charge >= 0.3 is 11.9 Å². The minimum Gasteiger partial charge on any atom is -0.462 e. The highest BCUT2D eigenvalue weighted by atomic mass is 16.7. The highest BCUT2D eigenvalue weighted by Gasteiger charge is 2.66. The number of hydrogen-bond acceptors (Lipinski definition) is 5. The smallest absolute Gasteiger partial charge is 0.311 e. The zero-order chi connectivity index (χ0) is 19.3. The lowest BCUT2D eigenvalue weighted by molar-refractivity contribution is -0.167. The van der Waals surface area contributed by atoms with Gasteiger partial charge in [0, 0.05) is 6.61 Å². The van der Waals surface area contributed by atoms with Gasteiger partial charge in [-0.2, -0.15) is 0 Å². The van der Waals surface area contributed by atoms with Gasteiger partial charge in [-0.25, -0.2) is 0 Å². The van der Waals surface area contributed by atoms with Crippen LogP contribution >= 0.6 is 0 Å². The van der Waals surface area contributed by atoms with Crippen molar-refractivity contribution < 1.29 is 23.8 Å². The maximum absolute atomic E-state index is 12.6. The number of carbonyl (C=O) groups is 2. The van der Waals surface area contributed by atoms with Crippen LogP contribution in [0, 0.1) is 46.8 Å². The molecule has 0 spiro atoms. The average Bonchev–Trinajstić information content (AvgIpc) is 3.39. The molecule has 5 nitrogen and oxygen atoms in total. The summed E-state index contributed by atoms with van der Waals surface area (Å²) in [5, 5.41) is 0. The minimum absolute atomic E-state index is 0.0420. The maximum Gasteiger partial charge on any atom is 0.311 e. The Kier molecular flexibility index (Phi) is 5.02. The molecule has 4 saturated carbocycles. The third kappa shape index (κ3) is 3.10. The Balaban J connectivity index is 1.38. The minimum atomic E-state index is -0.397. The zero-order valence-corrected chi connectivity index (χ0v) is 17.1. The summed E-state index contributed by atoms with van der Waals surface area (Å²) in [6.07, 6.45) is 5.15. The van der Waals surface area contributed by atoms with E-state index in [2.05, 4.69) is 0 Å². The number of carbonyl (C=O) groups excluding carboxylic acids is 2. The van der Waals surface area contributed by atoms with Gasteiger partial charge in [0.05, 0.1) is 11.3 Å². The molecule has 4 bridgehead atoms. The summed E-state index contributed by atoms with van der Waals surface area (Å²) < 4.78 is 16.5. The summed E-state index contributed by atoms with van der Waals surface area (Å²) in [6.45, 7) is 8.53. The standard InChI is InChI=1S/C22H34O5/c1-5-22(3,4)21(24)27-17-10-13-9-16(17)19-12-7-14(18(13)19)15(8-12)20(23)26-11-25-6-2/h12-19H,5-11H2,1-4H3. The summed E-state index contributed by atoms with van der Waals surface area (Å²) in [4.78, 5) is 25.0. The van der Waals surface area contributed by atoms with E-state index in [0.717, 1.165) is 25.7 Å². The molecule has 4 fully saturated rings. The molecule has 0 aromatic heterocycles. The average molecular weight is 379 g/mol. The molecule has 0 aromatic rings. The van der Waals surface area contributed by atoms with Crippen molar-refractivity contribution in [2.24, 2.45) is 46.8 Å². The first-order chi connectivity index (χ1) is 12.9. The fraction of sp³-hybridized carbons (Fsp3) is 0.909. The summed E-state index contributed by atoms with van der Waals surface area (Å²) in [7, 11) is 0. The van der Waals surface area contributed by atoms with Crippen LogP contribution in [-0.2, 0) is 23.8 Å². The summed E-state index contributed by atoms with van der Waals surface area (Å²) in [6, 6.07) is 0. The molecular weight excluding hydrogens is 344 g/mol. The van der Waals surface area contributed by atoms with Gasteiger partial charge in [-0.1, -0.05) is 6.92 Å². The molecule has 5 heteroatoms. The van der Waals surface area contributed by atoms with Crippen molar-refractivity contribution in [2.75, 3.05) is 13.4 Å². The third-order valence-electron chi connectivity index (χ3n) is 8.24. The maximum atomic E-state index is 12.6. The lowest BCUT2D eigenvalue weighted by Gasteiger charge is -2.41. The predicted octanol–water partition coefficient (Wildman–Crippen LogP) is 3.80. The highest BCUT2D eigenvalue weighted by molar-refractivity contribution is 5.76. The second-order valence-electron chi connectivity index (χ2n) is 9.81. The Labute approximate surface area is 162 Å². The Hall–Kier alpha value is -1.10. The van der Waals surface area contributed by atoms with Crippen molar-refractivity contribution >= 4 is 11.9 Å². The highest BCUT2D eigenvalue weighted by Crippen LogP contribution is 2.69. The number of ether oxygens (including phenoxy) is 3. The molecule has 27 heavy (non-hydrogen) atoms. The normalized spacial score (nSPS) is 41.6. The second-order valence-corrected chi connectivity index (χ2v) is 9.81. The number of esters is 2. The van der Waals surface area contributed by atoms with Crippen LogP contribution in [0.25, 0.3) is 0 Å². The molecular formula is C22H34O5. The van der Waals surface area contributed by atoms with Crippen LogP contribution in [0.5, 0.6) is 0 Å². The first kappa shape index (κ1) is 19.2. The molecule has 152 valence electrons. The molecule has 4 aliphatic carbocycles. The predicted molar refractivity (Wildman–Crippen MR) is 99.4 cm³/mol. The van der Waals surface area contributed by atoms with Crippen molar-refractivity contribution in [1.82, 2.24) is 0 Å². The Morgan fingerprint density at radius 2 is 1.63 bits per heavy atom. The molecule has 0 radical (unpaired) electrons. The molecule has 4 rings (SSSR count). The van der Waals surface area contributed by atoms with Gasteiger partial charge in [0.25, 0.3) is 0 Å². The lowest BCUT2D eigenvalue weighted by Crippen LogP contribution is -2.42. The van der Waals surface area contributed by atoms with Crippen molar-refractivity contribution in [3.05, 3.63) is 0 Å². The Bertz CT molecular complexity index is 600. The van der Waals surface area contributed by atoms with Gasteiger partial charge in [0.15, 0.2) is 6.79 Å². The van der Waals surface area contributed by atoms with E-state index in [-0.39, 0.29) is 30.8 Å². The van der Waals surface area contributed by atoms with Crippen LogP contribution in [0.1, 0.15) is 59.8 Å². The van der Waals surface area contributed by atoms with Crippen LogP contribution in [0.2, 0.25) is 0 Å². The SMILES string of the molecule is CCOCOC(=O)C1CC2CC1C1C3CC(OC(=O)C(C)(C)CC)C(C3)C21. The van der Waals surface area contributed by atoms with Gasteiger partial charge in [-0.3, -0.25) is 9.59 Å². The van der Waals surface area contributed by atoms with Crippen LogP contribution < -0.4 is 0 Å². The Morgan fingerprint density at radius 3 is 2.33 bits per heavy atom. The van der Waals surface area contributed by atoms with Gasteiger partial charge in [0.2, 0.25) is 0 Å². The summed E-state index contributed by atoms with van der Waals surface area (Å²) >= 11 is 0. The number of rotatable bonds is 7. The molecule has 0 N–H and O–H groups in total. The molecule has 0 amide bonds. The number of fused-ring (bicyclic) bond motifs is 9. The first-order valence-corrected chi connectivity index (χ1v) is 10.8. The fourth-order valence-corrected chi connectivity index (χ4v) is 6.68. The monoisotopic (exact) mass is 378 g/mol. The molecule has 8 unspecified atom stereocenters. The molecule has 8 atom stereocenters. The zero-order valence-electron chi connectivity index (χ0n) is 17.1. The summed E-state index contributed by atoms with van der Waals surface area (Å²) in [5.74, 6) is 3.40. The van der Waals surface area contributed by atoms with Gasteiger partial charge in [0.1, 0.15) is 6.10 Å². The van der Waals surface area contributed by atoms with E-state index in [1.165, 1.54) is 6.42 Å². The second kappa shape index (κ2) is 7.06. The van der Waals surface area contributed by atoms with Crippen LogP contribution in [0.4, 0.5) is 0 Å². The molecule has 4 aliphatic rings. The van der Waals surface area contributed by atoms with Crippen molar-refractivity contribution in [3.63, 3.8) is 0 Å². The van der Waals surface area contributed by atoms with Gasteiger partial charge < -0.3 is 14.2 Å². The lowest BCUT2D eigenvalue weighted by atomic mass is 9.67. The fourth-order valence-electron chi connectivity index (χ4n) is 6.68. The van der Waals surface area contributed by atoms with Gasteiger partial charge in [-0.15, -0.1) is 0 Å².